The van der Waals surface area contributed by atoms with Gasteiger partial charge in [0.05, 0.1) is 11.2 Å². The van der Waals surface area contributed by atoms with Crippen LogP contribution in [0.4, 0.5) is 14.9 Å². The monoisotopic (exact) mass is 385 g/mol. The number of hydrogen-bond donors (Lipinski definition) is 2. The molecule has 1 aromatic heterocycles. The van der Waals surface area contributed by atoms with E-state index in [4.69, 9.17) is 5.11 Å². The second-order valence-corrected chi connectivity index (χ2v) is 8.56. The SMILES string of the molecule is Cc1c(N2CCC(C3(NC(=O)O)CC3)C2)c(F)cc2ccc(=O)n(C3CC3)c12. The first-order valence-electron chi connectivity index (χ1n) is 10.00. The molecule has 2 heterocycles. The second kappa shape index (κ2) is 5.96. The van der Waals surface area contributed by atoms with Crippen molar-refractivity contribution in [3.63, 3.8) is 0 Å². The Labute approximate surface area is 161 Å². The molecule has 1 atom stereocenters. The second-order valence-electron chi connectivity index (χ2n) is 8.56. The molecule has 1 saturated heterocycles. The number of benzene rings is 1. The molecule has 1 unspecified atom stereocenters. The van der Waals surface area contributed by atoms with Crippen molar-refractivity contribution in [3.05, 3.63) is 39.9 Å². The van der Waals surface area contributed by atoms with Gasteiger partial charge in [-0.05, 0) is 56.7 Å². The van der Waals surface area contributed by atoms with Crippen LogP contribution in [0.2, 0.25) is 0 Å². The first kappa shape index (κ1) is 17.5. The lowest BCUT2D eigenvalue weighted by atomic mass is 9.96. The summed E-state index contributed by atoms with van der Waals surface area (Å²) in [5, 5.41) is 12.6. The molecule has 3 aliphatic rings. The Hall–Kier alpha value is -2.57. The number of aromatic nitrogens is 1. The molecule has 148 valence electrons. The van der Waals surface area contributed by atoms with Crippen molar-refractivity contribution in [2.45, 2.75) is 50.6 Å². The minimum Gasteiger partial charge on any atom is -0.465 e. The Bertz CT molecular complexity index is 1040. The van der Waals surface area contributed by atoms with Crippen molar-refractivity contribution in [2.24, 2.45) is 5.92 Å². The molecule has 1 aliphatic heterocycles. The number of fused-ring (bicyclic) bond motifs is 1. The molecule has 0 bridgehead atoms. The van der Waals surface area contributed by atoms with Crippen LogP contribution in [-0.4, -0.2) is 34.4 Å². The Morgan fingerprint density at radius 2 is 2.04 bits per heavy atom. The van der Waals surface area contributed by atoms with Gasteiger partial charge in [0.2, 0.25) is 0 Å². The van der Waals surface area contributed by atoms with E-state index in [1.807, 2.05) is 16.4 Å². The standard InChI is InChI=1S/C21H24FN3O3/c1-12-18-13(2-5-17(26)25(18)15-3-4-15)10-16(22)19(12)24-9-6-14(11-24)21(7-8-21)23-20(27)28/h2,5,10,14-15,23H,3-4,6-9,11H2,1H3,(H,27,28). The molecule has 3 fully saturated rings. The highest BCUT2D eigenvalue weighted by atomic mass is 19.1. The number of anilines is 1. The maximum atomic E-state index is 15.1. The number of rotatable bonds is 4. The van der Waals surface area contributed by atoms with Gasteiger partial charge in [-0.25, -0.2) is 9.18 Å². The summed E-state index contributed by atoms with van der Waals surface area (Å²) < 4.78 is 16.9. The average molecular weight is 385 g/mol. The van der Waals surface area contributed by atoms with E-state index in [2.05, 4.69) is 5.32 Å². The largest absolute Gasteiger partial charge is 0.465 e. The van der Waals surface area contributed by atoms with E-state index >= 15 is 4.39 Å². The number of nitrogens with zero attached hydrogens (tertiary/aromatic N) is 2. The number of halogens is 1. The summed E-state index contributed by atoms with van der Waals surface area (Å²) in [4.78, 5) is 25.6. The van der Waals surface area contributed by atoms with Crippen LogP contribution in [0.1, 0.15) is 43.7 Å². The summed E-state index contributed by atoms with van der Waals surface area (Å²) in [5.74, 6) is -0.0952. The van der Waals surface area contributed by atoms with Crippen LogP contribution >= 0.6 is 0 Å². The maximum absolute atomic E-state index is 15.1. The summed E-state index contributed by atoms with van der Waals surface area (Å²) in [6.45, 7) is 3.22. The molecule has 7 heteroatoms. The van der Waals surface area contributed by atoms with Crippen LogP contribution < -0.4 is 15.8 Å². The van der Waals surface area contributed by atoms with Crippen molar-refractivity contribution >= 4 is 22.7 Å². The van der Waals surface area contributed by atoms with Crippen molar-refractivity contribution in [1.29, 1.82) is 0 Å². The summed E-state index contributed by atoms with van der Waals surface area (Å²) >= 11 is 0. The van der Waals surface area contributed by atoms with E-state index < -0.39 is 6.09 Å². The van der Waals surface area contributed by atoms with Crippen LogP contribution in [0.15, 0.2) is 23.0 Å². The molecule has 28 heavy (non-hydrogen) atoms. The van der Waals surface area contributed by atoms with E-state index in [1.165, 1.54) is 12.1 Å². The van der Waals surface area contributed by atoms with Crippen LogP contribution in [-0.2, 0) is 0 Å². The Kier molecular flexibility index (Phi) is 3.73. The van der Waals surface area contributed by atoms with Crippen LogP contribution in [0.3, 0.4) is 0 Å². The maximum Gasteiger partial charge on any atom is 0.405 e. The van der Waals surface area contributed by atoms with Gasteiger partial charge >= 0.3 is 6.09 Å². The third-order valence-corrected chi connectivity index (χ3v) is 6.72. The van der Waals surface area contributed by atoms with Crippen LogP contribution in [0.25, 0.3) is 10.9 Å². The molecule has 1 aromatic carbocycles. The molecule has 2 aromatic rings. The molecule has 0 spiro atoms. The number of amides is 1. The van der Waals surface area contributed by atoms with Crippen LogP contribution in [0, 0.1) is 18.7 Å². The fraction of sp³-hybridized carbons (Fsp3) is 0.524. The van der Waals surface area contributed by atoms with Crippen molar-refractivity contribution < 1.29 is 14.3 Å². The highest BCUT2D eigenvalue weighted by Crippen LogP contribution is 2.47. The topological polar surface area (TPSA) is 74.6 Å². The van der Waals surface area contributed by atoms with Crippen molar-refractivity contribution in [2.75, 3.05) is 18.0 Å². The summed E-state index contributed by atoms with van der Waals surface area (Å²) in [6.07, 6.45) is 3.51. The lowest BCUT2D eigenvalue weighted by Gasteiger charge is -2.26. The number of nitrogens with one attached hydrogen (secondary N) is 1. The molecule has 2 aliphatic carbocycles. The molecule has 2 saturated carbocycles. The van der Waals surface area contributed by atoms with Gasteiger partial charge in [-0.15, -0.1) is 0 Å². The molecular weight excluding hydrogens is 361 g/mol. The van der Waals surface area contributed by atoms with E-state index in [1.54, 1.807) is 6.07 Å². The predicted molar refractivity (Wildman–Crippen MR) is 105 cm³/mol. The highest BCUT2D eigenvalue weighted by Gasteiger charge is 2.52. The average Bonchev–Trinajstić information content (AvgIpc) is 3.55. The summed E-state index contributed by atoms with van der Waals surface area (Å²) in [6, 6.07) is 4.98. The quantitative estimate of drug-likeness (QED) is 0.846. The first-order valence-corrected chi connectivity index (χ1v) is 10.00. The molecule has 1 amide bonds. The van der Waals surface area contributed by atoms with Crippen LogP contribution in [0.5, 0.6) is 0 Å². The fourth-order valence-electron chi connectivity index (χ4n) is 5.06. The van der Waals surface area contributed by atoms with Gasteiger partial charge < -0.3 is 19.9 Å². The van der Waals surface area contributed by atoms with E-state index in [9.17, 15) is 9.59 Å². The van der Waals surface area contributed by atoms with Gasteiger partial charge in [-0.2, -0.15) is 0 Å². The van der Waals surface area contributed by atoms with Gasteiger partial charge in [0.15, 0.2) is 0 Å². The molecular formula is C21H24FN3O3. The third-order valence-electron chi connectivity index (χ3n) is 6.72. The van der Waals surface area contributed by atoms with Gasteiger partial charge in [0.1, 0.15) is 5.82 Å². The minimum atomic E-state index is -0.988. The molecule has 2 N–H and O–H groups in total. The smallest absolute Gasteiger partial charge is 0.405 e. The third kappa shape index (κ3) is 2.67. The lowest BCUT2D eigenvalue weighted by Crippen LogP contribution is -2.43. The van der Waals surface area contributed by atoms with Gasteiger partial charge in [-0.1, -0.05) is 0 Å². The number of carbonyl (C=O) groups is 1. The number of carboxylic acid groups (broad SMARTS) is 1. The predicted octanol–water partition coefficient (Wildman–Crippen LogP) is 3.41. The zero-order valence-electron chi connectivity index (χ0n) is 15.9. The minimum absolute atomic E-state index is 0.0300. The highest BCUT2D eigenvalue weighted by molar-refractivity contribution is 5.88. The molecule has 6 nitrogen and oxygen atoms in total. The molecule has 0 radical (unpaired) electrons. The summed E-state index contributed by atoms with van der Waals surface area (Å²) in [5.41, 5.74) is 1.81. The van der Waals surface area contributed by atoms with Crippen molar-refractivity contribution in [1.82, 2.24) is 9.88 Å². The van der Waals surface area contributed by atoms with E-state index in [0.29, 0.717) is 18.8 Å². The van der Waals surface area contributed by atoms with Crippen molar-refractivity contribution in [3.8, 4) is 0 Å². The molecule has 5 rings (SSSR count). The Morgan fingerprint density at radius 1 is 1.29 bits per heavy atom. The first-order chi connectivity index (χ1) is 13.4. The Morgan fingerprint density at radius 3 is 2.68 bits per heavy atom. The zero-order valence-corrected chi connectivity index (χ0v) is 15.9. The van der Waals surface area contributed by atoms with Gasteiger partial charge in [0.25, 0.3) is 5.56 Å². The van der Waals surface area contributed by atoms with Gasteiger partial charge in [0, 0.05) is 42.0 Å². The number of pyridine rings is 1. The summed E-state index contributed by atoms with van der Waals surface area (Å²) in [7, 11) is 0. The van der Waals surface area contributed by atoms with E-state index in [0.717, 1.165) is 48.6 Å². The van der Waals surface area contributed by atoms with Gasteiger partial charge in [-0.3, -0.25) is 4.79 Å². The number of aryl methyl sites for hydroxylation is 1. The normalized spacial score (nSPS) is 23.2. The lowest BCUT2D eigenvalue weighted by molar-refractivity contribution is 0.182. The Balaban J connectivity index is 1.54. The van der Waals surface area contributed by atoms with E-state index in [-0.39, 0.29) is 28.9 Å². The zero-order chi connectivity index (χ0) is 19.6. The number of hydrogen-bond acceptors (Lipinski definition) is 3. The fourth-order valence-corrected chi connectivity index (χ4v) is 5.06.